The highest BCUT2D eigenvalue weighted by Gasteiger charge is 2.36. The average Bonchev–Trinajstić information content (AvgIpc) is 3.09. The van der Waals surface area contributed by atoms with Crippen LogP contribution in [0.15, 0.2) is 10.6 Å². The molecule has 2 fully saturated rings. The molecule has 1 aromatic rings. The molecule has 1 aliphatic heterocycles. The van der Waals surface area contributed by atoms with Crippen LogP contribution >= 0.6 is 0 Å². The van der Waals surface area contributed by atoms with E-state index in [4.69, 9.17) is 4.52 Å². The van der Waals surface area contributed by atoms with Crippen LogP contribution in [-0.4, -0.2) is 22.5 Å². The first-order valence-electron chi connectivity index (χ1n) is 6.99. The zero-order valence-electron chi connectivity index (χ0n) is 10.9. The molecule has 1 saturated carbocycles. The fourth-order valence-corrected chi connectivity index (χ4v) is 3.29. The van der Waals surface area contributed by atoms with Gasteiger partial charge < -0.3 is 9.42 Å². The lowest BCUT2D eigenvalue weighted by atomic mass is 10.1. The van der Waals surface area contributed by atoms with Crippen molar-refractivity contribution in [1.29, 1.82) is 0 Å². The van der Waals surface area contributed by atoms with Gasteiger partial charge in [0.2, 0.25) is 5.91 Å². The van der Waals surface area contributed by atoms with Crippen LogP contribution in [0.2, 0.25) is 0 Å². The number of carbonyl (C=O) groups is 1. The minimum atomic E-state index is 0.149. The summed E-state index contributed by atoms with van der Waals surface area (Å²) in [5.41, 5.74) is 0.927. The standard InChI is InChI=1S/C14H20N2O2/c1-10-9-12(15-18-10)13-7-4-8-16(13)14(17)11-5-2-3-6-11/h9,11,13H,2-8H2,1H3/t13-/m0/s1. The summed E-state index contributed by atoms with van der Waals surface area (Å²) in [7, 11) is 0. The Balaban J connectivity index is 1.76. The summed E-state index contributed by atoms with van der Waals surface area (Å²) < 4.78 is 5.14. The van der Waals surface area contributed by atoms with E-state index in [1.54, 1.807) is 0 Å². The summed E-state index contributed by atoms with van der Waals surface area (Å²) >= 11 is 0. The quantitative estimate of drug-likeness (QED) is 0.808. The molecular weight excluding hydrogens is 228 g/mol. The Kier molecular flexibility index (Phi) is 3.10. The van der Waals surface area contributed by atoms with Gasteiger partial charge in [0.05, 0.1) is 6.04 Å². The van der Waals surface area contributed by atoms with E-state index in [1.807, 2.05) is 17.9 Å². The number of nitrogens with zero attached hydrogens (tertiary/aromatic N) is 2. The molecule has 0 radical (unpaired) electrons. The molecule has 0 N–H and O–H groups in total. The summed E-state index contributed by atoms with van der Waals surface area (Å²) in [6.07, 6.45) is 6.65. The van der Waals surface area contributed by atoms with Crippen LogP contribution in [0.3, 0.4) is 0 Å². The van der Waals surface area contributed by atoms with Crippen LogP contribution in [0.1, 0.15) is 56.0 Å². The minimum Gasteiger partial charge on any atom is -0.361 e. The van der Waals surface area contributed by atoms with Gasteiger partial charge in [0, 0.05) is 18.5 Å². The maximum Gasteiger partial charge on any atom is 0.226 e. The summed E-state index contributed by atoms with van der Waals surface area (Å²) in [6, 6.07) is 2.11. The first-order valence-corrected chi connectivity index (χ1v) is 6.99. The first-order chi connectivity index (χ1) is 8.75. The number of hydrogen-bond donors (Lipinski definition) is 0. The monoisotopic (exact) mass is 248 g/mol. The lowest BCUT2D eigenvalue weighted by Gasteiger charge is -2.25. The molecule has 1 aliphatic carbocycles. The molecule has 0 aromatic carbocycles. The molecule has 1 atom stereocenters. The maximum absolute atomic E-state index is 12.5. The van der Waals surface area contributed by atoms with Gasteiger partial charge in [0.25, 0.3) is 0 Å². The number of amides is 1. The predicted octanol–water partition coefficient (Wildman–Crippen LogP) is 2.84. The van der Waals surface area contributed by atoms with Gasteiger partial charge in [-0.05, 0) is 32.6 Å². The molecule has 3 rings (SSSR count). The zero-order chi connectivity index (χ0) is 12.5. The molecule has 1 amide bonds. The van der Waals surface area contributed by atoms with Crippen molar-refractivity contribution in [2.24, 2.45) is 5.92 Å². The summed E-state index contributed by atoms with van der Waals surface area (Å²) in [5, 5.41) is 4.09. The second-order valence-corrected chi connectivity index (χ2v) is 5.53. The largest absolute Gasteiger partial charge is 0.361 e. The Labute approximate surface area is 107 Å². The van der Waals surface area contributed by atoms with Crippen molar-refractivity contribution < 1.29 is 9.32 Å². The number of rotatable bonds is 2. The van der Waals surface area contributed by atoms with Gasteiger partial charge in [-0.3, -0.25) is 4.79 Å². The molecule has 0 spiro atoms. The average molecular weight is 248 g/mol. The topological polar surface area (TPSA) is 46.3 Å². The molecule has 18 heavy (non-hydrogen) atoms. The first kappa shape index (κ1) is 11.8. The third kappa shape index (κ3) is 2.04. The van der Waals surface area contributed by atoms with Gasteiger partial charge in [-0.25, -0.2) is 0 Å². The molecule has 98 valence electrons. The molecule has 1 saturated heterocycles. The molecule has 1 aromatic heterocycles. The maximum atomic E-state index is 12.5. The van der Waals surface area contributed by atoms with Crippen LogP contribution in [0.25, 0.3) is 0 Å². The smallest absolute Gasteiger partial charge is 0.226 e. The Bertz CT molecular complexity index is 435. The predicted molar refractivity (Wildman–Crippen MR) is 66.9 cm³/mol. The van der Waals surface area contributed by atoms with E-state index in [0.29, 0.717) is 5.91 Å². The Morgan fingerprint density at radius 1 is 1.33 bits per heavy atom. The molecule has 0 unspecified atom stereocenters. The SMILES string of the molecule is Cc1cc([C@@H]2CCCN2C(=O)C2CCCC2)no1. The number of aryl methyl sites for hydroxylation is 1. The van der Waals surface area contributed by atoms with E-state index in [-0.39, 0.29) is 12.0 Å². The van der Waals surface area contributed by atoms with E-state index in [0.717, 1.165) is 43.7 Å². The lowest BCUT2D eigenvalue weighted by molar-refractivity contribution is -0.136. The Hall–Kier alpha value is -1.32. The Morgan fingerprint density at radius 2 is 2.11 bits per heavy atom. The highest BCUT2D eigenvalue weighted by atomic mass is 16.5. The van der Waals surface area contributed by atoms with Crippen molar-refractivity contribution in [3.8, 4) is 0 Å². The highest BCUT2D eigenvalue weighted by Crippen LogP contribution is 2.35. The fourth-order valence-electron chi connectivity index (χ4n) is 3.29. The molecule has 4 heteroatoms. The number of likely N-dealkylation sites (tertiary alicyclic amines) is 1. The van der Waals surface area contributed by atoms with Gasteiger partial charge in [-0.15, -0.1) is 0 Å². The lowest BCUT2D eigenvalue weighted by Crippen LogP contribution is -2.34. The van der Waals surface area contributed by atoms with Gasteiger partial charge in [0.1, 0.15) is 11.5 Å². The van der Waals surface area contributed by atoms with E-state index < -0.39 is 0 Å². The highest BCUT2D eigenvalue weighted by molar-refractivity contribution is 5.79. The second kappa shape index (κ2) is 4.75. The second-order valence-electron chi connectivity index (χ2n) is 5.53. The minimum absolute atomic E-state index is 0.149. The van der Waals surface area contributed by atoms with Crippen LogP contribution in [0.5, 0.6) is 0 Å². The summed E-state index contributed by atoms with van der Waals surface area (Å²) in [4.78, 5) is 14.5. The summed E-state index contributed by atoms with van der Waals surface area (Å²) in [5.74, 6) is 1.43. The van der Waals surface area contributed by atoms with Crippen molar-refractivity contribution >= 4 is 5.91 Å². The van der Waals surface area contributed by atoms with E-state index in [2.05, 4.69) is 5.16 Å². The van der Waals surface area contributed by atoms with E-state index >= 15 is 0 Å². The number of carbonyl (C=O) groups excluding carboxylic acids is 1. The van der Waals surface area contributed by atoms with E-state index in [9.17, 15) is 4.79 Å². The van der Waals surface area contributed by atoms with Gasteiger partial charge >= 0.3 is 0 Å². The van der Waals surface area contributed by atoms with Gasteiger partial charge in [-0.2, -0.15) is 0 Å². The molecular formula is C14H20N2O2. The van der Waals surface area contributed by atoms with Gasteiger partial charge in [0.15, 0.2) is 0 Å². The van der Waals surface area contributed by atoms with Gasteiger partial charge in [-0.1, -0.05) is 18.0 Å². The normalized spacial score (nSPS) is 24.9. The van der Waals surface area contributed by atoms with Crippen molar-refractivity contribution in [3.63, 3.8) is 0 Å². The number of aromatic nitrogens is 1. The summed E-state index contributed by atoms with van der Waals surface area (Å²) in [6.45, 7) is 2.78. The third-order valence-electron chi connectivity index (χ3n) is 4.23. The van der Waals surface area contributed by atoms with Crippen molar-refractivity contribution in [1.82, 2.24) is 10.1 Å². The van der Waals surface area contributed by atoms with Crippen molar-refractivity contribution in [3.05, 3.63) is 17.5 Å². The van der Waals surface area contributed by atoms with Crippen molar-refractivity contribution in [2.75, 3.05) is 6.54 Å². The van der Waals surface area contributed by atoms with Crippen LogP contribution < -0.4 is 0 Å². The fraction of sp³-hybridized carbons (Fsp3) is 0.714. The van der Waals surface area contributed by atoms with Crippen LogP contribution in [0.4, 0.5) is 0 Å². The molecule has 2 aliphatic rings. The van der Waals surface area contributed by atoms with Crippen LogP contribution in [0, 0.1) is 12.8 Å². The molecule has 0 bridgehead atoms. The van der Waals surface area contributed by atoms with Crippen LogP contribution in [-0.2, 0) is 4.79 Å². The van der Waals surface area contributed by atoms with Crippen molar-refractivity contribution in [2.45, 2.75) is 51.5 Å². The van der Waals surface area contributed by atoms with E-state index in [1.165, 1.54) is 12.8 Å². The molecule has 2 heterocycles. The third-order valence-corrected chi connectivity index (χ3v) is 4.23. The Morgan fingerprint density at radius 3 is 2.78 bits per heavy atom. The molecule has 4 nitrogen and oxygen atoms in total. The number of hydrogen-bond acceptors (Lipinski definition) is 3. The zero-order valence-corrected chi connectivity index (χ0v) is 10.9.